The summed E-state index contributed by atoms with van der Waals surface area (Å²) in [5.41, 5.74) is 6.94. The largest absolute Gasteiger partial charge is 0.456 e. The molecule has 0 amide bonds. The third-order valence-corrected chi connectivity index (χ3v) is 7.86. The zero-order valence-electron chi connectivity index (χ0n) is 21.3. The van der Waals surface area contributed by atoms with Crippen LogP contribution in [0.2, 0.25) is 0 Å². The molecule has 8 rings (SSSR count). The summed E-state index contributed by atoms with van der Waals surface area (Å²) < 4.78 is 6.48. The third kappa shape index (κ3) is 3.48. The summed E-state index contributed by atoms with van der Waals surface area (Å²) in [6.07, 6.45) is 0. The van der Waals surface area contributed by atoms with Crippen molar-refractivity contribution >= 4 is 43.3 Å². The molecule has 0 aliphatic heterocycles. The second-order valence-corrected chi connectivity index (χ2v) is 10.1. The fourth-order valence-corrected chi connectivity index (χ4v) is 6.10. The fraction of sp³-hybridized carbons (Fsp3) is 0. The summed E-state index contributed by atoms with van der Waals surface area (Å²) in [5, 5.41) is 8.58. The van der Waals surface area contributed by atoms with Crippen molar-refractivity contribution in [3.8, 4) is 33.6 Å². The van der Waals surface area contributed by atoms with Gasteiger partial charge >= 0.3 is 0 Å². The van der Waals surface area contributed by atoms with Crippen molar-refractivity contribution in [2.45, 2.75) is 0 Å². The number of hydrogen-bond acceptors (Lipinski definition) is 1. The van der Waals surface area contributed by atoms with Crippen LogP contribution in [-0.2, 0) is 0 Å². The van der Waals surface area contributed by atoms with Gasteiger partial charge in [-0.15, -0.1) is 0 Å². The predicted octanol–water partition coefficient (Wildman–Crippen LogP) is 10.9. The van der Waals surface area contributed by atoms with E-state index in [1.165, 1.54) is 54.6 Å². The Morgan fingerprint density at radius 3 is 1.69 bits per heavy atom. The van der Waals surface area contributed by atoms with E-state index < -0.39 is 0 Å². The van der Waals surface area contributed by atoms with Gasteiger partial charge in [0.2, 0.25) is 0 Å². The summed E-state index contributed by atoms with van der Waals surface area (Å²) in [7, 11) is 0. The van der Waals surface area contributed by atoms with Crippen LogP contribution in [0, 0.1) is 0 Å². The van der Waals surface area contributed by atoms with E-state index in [2.05, 4.69) is 146 Å². The predicted molar refractivity (Wildman–Crippen MR) is 165 cm³/mol. The zero-order chi connectivity index (χ0) is 25.8. The molecule has 8 aromatic rings. The van der Waals surface area contributed by atoms with Crippen LogP contribution in [-0.4, -0.2) is 0 Å². The highest BCUT2D eigenvalue weighted by Gasteiger charge is 2.19. The molecule has 0 saturated carbocycles. The van der Waals surface area contributed by atoms with Gasteiger partial charge in [-0.2, -0.15) is 0 Å². The number of benzene rings is 7. The molecular weight excluding hydrogens is 472 g/mol. The first kappa shape index (κ1) is 21.9. The standard InChI is InChI=1S/C38H24O/c1-2-12-26(13-3-1)37-29-15-6-8-17-31(29)38(32-18-9-7-16-30(32)37)33-19-10-20-35-34(33)24-36(39-35)28-22-21-25-11-4-5-14-27(25)23-28/h1-24H. The van der Waals surface area contributed by atoms with Gasteiger partial charge in [-0.05, 0) is 72.8 Å². The van der Waals surface area contributed by atoms with Crippen molar-refractivity contribution in [2.75, 3.05) is 0 Å². The Morgan fingerprint density at radius 1 is 0.359 bits per heavy atom. The van der Waals surface area contributed by atoms with E-state index in [1.54, 1.807) is 0 Å². The number of hydrogen-bond donors (Lipinski definition) is 0. The van der Waals surface area contributed by atoms with Crippen molar-refractivity contribution in [3.63, 3.8) is 0 Å². The van der Waals surface area contributed by atoms with Crippen LogP contribution in [0.3, 0.4) is 0 Å². The molecule has 0 aliphatic rings. The lowest BCUT2D eigenvalue weighted by Crippen LogP contribution is -1.90. The van der Waals surface area contributed by atoms with Gasteiger partial charge in [-0.3, -0.25) is 0 Å². The summed E-state index contributed by atoms with van der Waals surface area (Å²) in [6.45, 7) is 0. The molecule has 0 radical (unpaired) electrons. The summed E-state index contributed by atoms with van der Waals surface area (Å²) in [5.74, 6) is 0.887. The number of rotatable bonds is 3. The van der Waals surface area contributed by atoms with Gasteiger partial charge in [0.15, 0.2) is 0 Å². The van der Waals surface area contributed by atoms with E-state index in [4.69, 9.17) is 4.42 Å². The summed E-state index contributed by atoms with van der Waals surface area (Å²) in [6, 6.07) is 51.9. The molecular formula is C38H24O. The smallest absolute Gasteiger partial charge is 0.135 e. The summed E-state index contributed by atoms with van der Waals surface area (Å²) >= 11 is 0. The quantitative estimate of drug-likeness (QED) is 0.222. The van der Waals surface area contributed by atoms with Crippen molar-refractivity contribution in [3.05, 3.63) is 146 Å². The zero-order valence-corrected chi connectivity index (χ0v) is 21.3. The van der Waals surface area contributed by atoms with Gasteiger partial charge in [-0.25, -0.2) is 0 Å². The maximum atomic E-state index is 6.48. The topological polar surface area (TPSA) is 13.1 Å². The van der Waals surface area contributed by atoms with E-state index >= 15 is 0 Å². The molecule has 0 saturated heterocycles. The second-order valence-electron chi connectivity index (χ2n) is 10.1. The molecule has 182 valence electrons. The molecule has 1 heterocycles. The van der Waals surface area contributed by atoms with Crippen molar-refractivity contribution < 1.29 is 4.42 Å². The van der Waals surface area contributed by atoms with Crippen molar-refractivity contribution in [1.29, 1.82) is 0 Å². The van der Waals surface area contributed by atoms with E-state index in [9.17, 15) is 0 Å². The Morgan fingerprint density at radius 2 is 0.974 bits per heavy atom. The van der Waals surface area contributed by atoms with Gasteiger partial charge in [0.1, 0.15) is 11.3 Å². The Bertz CT molecular complexity index is 2110. The molecule has 0 bridgehead atoms. The molecule has 1 heteroatoms. The van der Waals surface area contributed by atoms with Gasteiger partial charge in [-0.1, -0.05) is 127 Å². The lowest BCUT2D eigenvalue weighted by atomic mass is 9.85. The lowest BCUT2D eigenvalue weighted by Gasteiger charge is -2.18. The minimum atomic E-state index is 0.887. The first-order chi connectivity index (χ1) is 19.3. The molecule has 1 nitrogen and oxygen atoms in total. The Labute approximate surface area is 226 Å². The molecule has 7 aromatic carbocycles. The van der Waals surface area contributed by atoms with E-state index in [0.717, 1.165) is 22.3 Å². The van der Waals surface area contributed by atoms with Crippen molar-refractivity contribution in [1.82, 2.24) is 0 Å². The van der Waals surface area contributed by atoms with Crippen molar-refractivity contribution in [2.24, 2.45) is 0 Å². The monoisotopic (exact) mass is 496 g/mol. The van der Waals surface area contributed by atoms with E-state index in [-0.39, 0.29) is 0 Å². The highest BCUT2D eigenvalue weighted by molar-refractivity contribution is 6.23. The van der Waals surface area contributed by atoms with E-state index in [0.29, 0.717) is 0 Å². The first-order valence-corrected chi connectivity index (χ1v) is 13.4. The second kappa shape index (κ2) is 8.72. The first-order valence-electron chi connectivity index (χ1n) is 13.4. The third-order valence-electron chi connectivity index (χ3n) is 7.86. The molecule has 39 heavy (non-hydrogen) atoms. The van der Waals surface area contributed by atoms with Gasteiger partial charge in [0.25, 0.3) is 0 Å². The summed E-state index contributed by atoms with van der Waals surface area (Å²) in [4.78, 5) is 0. The average molecular weight is 497 g/mol. The number of furan rings is 1. The SMILES string of the molecule is c1ccc(-c2c3ccccc3c(-c3cccc4oc(-c5ccc6ccccc6c5)cc34)c3ccccc23)cc1. The van der Waals surface area contributed by atoms with E-state index in [1.807, 2.05) is 0 Å². The van der Waals surface area contributed by atoms with Crippen LogP contribution >= 0.6 is 0 Å². The maximum absolute atomic E-state index is 6.48. The van der Waals surface area contributed by atoms with Crippen LogP contribution in [0.15, 0.2) is 150 Å². The Balaban J connectivity index is 1.43. The van der Waals surface area contributed by atoms with Gasteiger partial charge in [0.05, 0.1) is 0 Å². The molecule has 1 aromatic heterocycles. The maximum Gasteiger partial charge on any atom is 0.135 e. The minimum absolute atomic E-state index is 0.887. The Kier molecular flexibility index (Phi) is 4.89. The van der Waals surface area contributed by atoms with Crippen LogP contribution in [0.1, 0.15) is 0 Å². The van der Waals surface area contributed by atoms with Crippen LogP contribution in [0.25, 0.3) is 76.9 Å². The normalized spacial score (nSPS) is 11.6. The molecule has 0 fully saturated rings. The molecule has 0 aliphatic carbocycles. The van der Waals surface area contributed by atoms with Crippen LogP contribution in [0.5, 0.6) is 0 Å². The fourth-order valence-electron chi connectivity index (χ4n) is 6.10. The van der Waals surface area contributed by atoms with Crippen LogP contribution < -0.4 is 0 Å². The molecule has 0 spiro atoms. The lowest BCUT2D eigenvalue weighted by molar-refractivity contribution is 0.632. The van der Waals surface area contributed by atoms with Gasteiger partial charge < -0.3 is 4.42 Å². The molecule has 0 atom stereocenters. The highest BCUT2D eigenvalue weighted by atomic mass is 16.3. The highest BCUT2D eigenvalue weighted by Crippen LogP contribution is 2.46. The molecule has 0 unspecified atom stereocenters. The van der Waals surface area contributed by atoms with Gasteiger partial charge in [0, 0.05) is 10.9 Å². The Hall–Kier alpha value is -5.14. The number of fused-ring (bicyclic) bond motifs is 4. The average Bonchev–Trinajstić information content (AvgIpc) is 3.45. The van der Waals surface area contributed by atoms with Crippen LogP contribution in [0.4, 0.5) is 0 Å². The molecule has 0 N–H and O–H groups in total. The minimum Gasteiger partial charge on any atom is -0.456 e.